The average Bonchev–Trinajstić information content (AvgIpc) is 3.58. The van der Waals surface area contributed by atoms with Gasteiger partial charge >= 0.3 is 12.1 Å². The molecule has 1 aliphatic rings. The number of hydrogen-bond donors (Lipinski definition) is 2. The predicted molar refractivity (Wildman–Crippen MR) is 153 cm³/mol. The number of oxazole rings is 1. The number of carbonyl (C=O) groups excluding carboxylic acids is 3. The number of amides is 2. The van der Waals surface area contributed by atoms with Crippen molar-refractivity contribution in [3.8, 4) is 11.1 Å². The Balaban J connectivity index is 1.29. The summed E-state index contributed by atoms with van der Waals surface area (Å²) in [7, 11) is 0. The number of hydrogen-bond acceptors (Lipinski definition) is 7. The molecule has 0 saturated carbocycles. The quantitative estimate of drug-likeness (QED) is 0.134. The average molecular weight is 556 g/mol. The van der Waals surface area contributed by atoms with Gasteiger partial charge in [-0.1, -0.05) is 74.7 Å². The Hall–Kier alpha value is -4.66. The SMILES string of the molecule is CCCCCCNC(=O)[C@@](C)(NC(=O)OCC1c2ccccc2-c2ccccc21)OC(=O)c1ccc2ocnc2c1. The van der Waals surface area contributed by atoms with Crippen molar-refractivity contribution < 1.29 is 28.3 Å². The van der Waals surface area contributed by atoms with Gasteiger partial charge in [0, 0.05) is 19.4 Å². The molecule has 9 nitrogen and oxygen atoms in total. The number of nitrogens with one attached hydrogen (secondary N) is 2. The molecule has 1 aliphatic carbocycles. The highest BCUT2D eigenvalue weighted by atomic mass is 16.6. The summed E-state index contributed by atoms with van der Waals surface area (Å²) in [5.74, 6) is -1.63. The third kappa shape index (κ3) is 6.09. The number of unbranched alkanes of at least 4 members (excludes halogenated alkanes) is 3. The van der Waals surface area contributed by atoms with Crippen molar-refractivity contribution in [1.29, 1.82) is 0 Å². The van der Waals surface area contributed by atoms with Crippen molar-refractivity contribution >= 4 is 29.1 Å². The number of nitrogens with zero attached hydrogens (tertiary/aromatic N) is 1. The minimum absolute atomic E-state index is 0.0470. The number of carbonyl (C=O) groups is 3. The van der Waals surface area contributed by atoms with Crippen LogP contribution in [-0.4, -0.2) is 41.8 Å². The minimum Gasteiger partial charge on any atom is -0.448 e. The molecule has 0 spiro atoms. The Kier molecular flexibility index (Phi) is 8.33. The fourth-order valence-electron chi connectivity index (χ4n) is 5.11. The van der Waals surface area contributed by atoms with Crippen LogP contribution in [0.25, 0.3) is 22.2 Å². The molecule has 0 fully saturated rings. The van der Waals surface area contributed by atoms with Crippen LogP contribution in [0.1, 0.15) is 66.9 Å². The molecule has 0 radical (unpaired) electrons. The third-order valence-electron chi connectivity index (χ3n) is 7.30. The molecule has 0 bridgehead atoms. The summed E-state index contributed by atoms with van der Waals surface area (Å²) in [5.41, 5.74) is 3.42. The fourth-order valence-corrected chi connectivity index (χ4v) is 5.11. The first-order valence-corrected chi connectivity index (χ1v) is 13.9. The lowest BCUT2D eigenvalue weighted by Gasteiger charge is -2.29. The zero-order chi connectivity index (χ0) is 28.8. The summed E-state index contributed by atoms with van der Waals surface area (Å²) in [4.78, 5) is 43.5. The van der Waals surface area contributed by atoms with E-state index in [0.29, 0.717) is 17.6 Å². The molecule has 0 unspecified atom stereocenters. The van der Waals surface area contributed by atoms with Gasteiger partial charge in [0.2, 0.25) is 0 Å². The number of benzene rings is 3. The lowest BCUT2D eigenvalue weighted by atomic mass is 9.98. The fraction of sp³-hybridized carbons (Fsp3) is 0.312. The number of esters is 1. The van der Waals surface area contributed by atoms with E-state index in [2.05, 4.69) is 22.5 Å². The highest BCUT2D eigenvalue weighted by molar-refractivity contribution is 5.97. The highest BCUT2D eigenvalue weighted by Gasteiger charge is 2.40. The van der Waals surface area contributed by atoms with Crippen LogP contribution in [0.2, 0.25) is 0 Å². The van der Waals surface area contributed by atoms with Gasteiger partial charge in [-0.2, -0.15) is 0 Å². The van der Waals surface area contributed by atoms with Gasteiger partial charge in [0.15, 0.2) is 12.0 Å². The zero-order valence-corrected chi connectivity index (χ0v) is 23.1. The lowest BCUT2D eigenvalue weighted by molar-refractivity contribution is -0.141. The first-order valence-electron chi connectivity index (χ1n) is 13.9. The van der Waals surface area contributed by atoms with E-state index < -0.39 is 23.7 Å². The summed E-state index contributed by atoms with van der Waals surface area (Å²) < 4.78 is 16.5. The predicted octanol–water partition coefficient (Wildman–Crippen LogP) is 5.94. The van der Waals surface area contributed by atoms with Gasteiger partial charge in [0.25, 0.3) is 11.6 Å². The molecule has 41 heavy (non-hydrogen) atoms. The van der Waals surface area contributed by atoms with E-state index in [1.165, 1.54) is 25.5 Å². The Morgan fingerprint density at radius 2 is 1.66 bits per heavy atom. The van der Waals surface area contributed by atoms with E-state index in [0.717, 1.165) is 47.9 Å². The molecular formula is C32H33N3O6. The second-order valence-corrected chi connectivity index (χ2v) is 10.2. The van der Waals surface area contributed by atoms with Gasteiger partial charge in [0.1, 0.15) is 12.1 Å². The summed E-state index contributed by atoms with van der Waals surface area (Å²) in [6.07, 6.45) is 4.21. The van der Waals surface area contributed by atoms with Gasteiger partial charge in [-0.25, -0.2) is 14.6 Å². The number of alkyl carbamates (subject to hydrolysis) is 1. The van der Waals surface area contributed by atoms with Gasteiger partial charge in [0.05, 0.1) is 5.56 Å². The van der Waals surface area contributed by atoms with Crippen LogP contribution in [0.5, 0.6) is 0 Å². The molecule has 1 atom stereocenters. The van der Waals surface area contributed by atoms with Crippen LogP contribution in [0.4, 0.5) is 4.79 Å². The van der Waals surface area contributed by atoms with Crippen molar-refractivity contribution in [2.24, 2.45) is 0 Å². The van der Waals surface area contributed by atoms with Crippen molar-refractivity contribution in [3.63, 3.8) is 0 Å². The molecule has 2 N–H and O–H groups in total. The van der Waals surface area contributed by atoms with E-state index in [1.54, 1.807) is 6.07 Å². The van der Waals surface area contributed by atoms with E-state index in [1.807, 2.05) is 48.5 Å². The summed E-state index contributed by atoms with van der Waals surface area (Å²) in [6.45, 7) is 3.86. The van der Waals surface area contributed by atoms with Crippen molar-refractivity contribution in [3.05, 3.63) is 89.8 Å². The second-order valence-electron chi connectivity index (χ2n) is 10.2. The van der Waals surface area contributed by atoms with Gasteiger partial charge < -0.3 is 19.2 Å². The monoisotopic (exact) mass is 555 g/mol. The van der Waals surface area contributed by atoms with Crippen molar-refractivity contribution in [1.82, 2.24) is 15.6 Å². The number of aromatic nitrogens is 1. The standard InChI is InChI=1S/C32H33N3O6/c1-3-4-5-10-17-33-30(37)32(2,41-29(36)21-15-16-28-27(18-21)34-20-40-28)35-31(38)39-19-26-24-13-8-6-11-22(24)23-12-7-9-14-25(23)26/h6-9,11-16,18,20,26H,3-5,10,17,19H2,1-2H3,(H,33,37)(H,35,38)/t32-/m0/s1. The normalized spacial score (nSPS) is 13.6. The summed E-state index contributed by atoms with van der Waals surface area (Å²) in [5, 5.41) is 5.28. The first kappa shape index (κ1) is 27.9. The van der Waals surface area contributed by atoms with Crippen LogP contribution in [0.3, 0.4) is 0 Å². The first-order chi connectivity index (χ1) is 19.9. The molecule has 0 saturated heterocycles. The van der Waals surface area contributed by atoms with E-state index in [4.69, 9.17) is 13.9 Å². The van der Waals surface area contributed by atoms with Gasteiger partial charge in [-0.05, 0) is 46.9 Å². The van der Waals surface area contributed by atoms with Crippen LogP contribution in [0, 0.1) is 0 Å². The third-order valence-corrected chi connectivity index (χ3v) is 7.30. The molecule has 4 aromatic rings. The Morgan fingerprint density at radius 1 is 0.951 bits per heavy atom. The molecule has 2 amide bonds. The minimum atomic E-state index is -2.02. The maximum Gasteiger partial charge on any atom is 0.410 e. The molecule has 5 rings (SSSR count). The summed E-state index contributed by atoms with van der Waals surface area (Å²) in [6, 6.07) is 20.6. The van der Waals surface area contributed by atoms with E-state index in [-0.39, 0.29) is 18.1 Å². The van der Waals surface area contributed by atoms with Crippen LogP contribution < -0.4 is 10.6 Å². The molecule has 1 heterocycles. The van der Waals surface area contributed by atoms with Crippen LogP contribution in [-0.2, 0) is 14.3 Å². The van der Waals surface area contributed by atoms with Gasteiger partial charge in [-0.3, -0.25) is 10.1 Å². The molecule has 3 aromatic carbocycles. The molecular weight excluding hydrogens is 522 g/mol. The van der Waals surface area contributed by atoms with Gasteiger partial charge in [-0.15, -0.1) is 0 Å². The topological polar surface area (TPSA) is 120 Å². The number of fused-ring (bicyclic) bond motifs is 4. The molecule has 212 valence electrons. The second kappa shape index (κ2) is 12.2. The number of ether oxygens (including phenoxy) is 2. The summed E-state index contributed by atoms with van der Waals surface area (Å²) >= 11 is 0. The maximum atomic E-state index is 13.3. The smallest absolute Gasteiger partial charge is 0.410 e. The van der Waals surface area contributed by atoms with E-state index >= 15 is 0 Å². The Labute approximate surface area is 238 Å². The maximum absolute atomic E-state index is 13.3. The Bertz CT molecular complexity index is 1520. The molecule has 1 aromatic heterocycles. The van der Waals surface area contributed by atoms with Crippen molar-refractivity contribution in [2.45, 2.75) is 51.2 Å². The highest BCUT2D eigenvalue weighted by Crippen LogP contribution is 2.44. The lowest BCUT2D eigenvalue weighted by Crippen LogP contribution is -2.59. The van der Waals surface area contributed by atoms with Crippen LogP contribution in [0.15, 0.2) is 77.5 Å². The largest absolute Gasteiger partial charge is 0.448 e. The van der Waals surface area contributed by atoms with Crippen LogP contribution >= 0.6 is 0 Å². The number of rotatable bonds is 11. The molecule has 9 heteroatoms. The Morgan fingerprint density at radius 3 is 2.37 bits per heavy atom. The van der Waals surface area contributed by atoms with E-state index in [9.17, 15) is 14.4 Å². The van der Waals surface area contributed by atoms with Crippen molar-refractivity contribution in [2.75, 3.05) is 13.2 Å². The zero-order valence-electron chi connectivity index (χ0n) is 23.1. The molecule has 0 aliphatic heterocycles.